The van der Waals surface area contributed by atoms with Crippen molar-refractivity contribution in [1.82, 2.24) is 10.2 Å². The zero-order valence-electron chi connectivity index (χ0n) is 12.8. The van der Waals surface area contributed by atoms with Crippen LogP contribution in [0.4, 0.5) is 0 Å². The molecule has 0 saturated heterocycles. The highest BCUT2D eigenvalue weighted by atomic mass is 16.5. The SMILES string of the molecule is COCCN(CCO)CC(C)(C)CNCC(C)C. The number of rotatable bonds is 11. The van der Waals surface area contributed by atoms with Crippen molar-refractivity contribution in [2.75, 3.05) is 53.0 Å². The van der Waals surface area contributed by atoms with Gasteiger partial charge in [-0.15, -0.1) is 0 Å². The number of methoxy groups -OCH3 is 1. The molecule has 4 nitrogen and oxygen atoms in total. The zero-order chi connectivity index (χ0) is 14.0. The van der Waals surface area contributed by atoms with Crippen LogP contribution < -0.4 is 5.32 Å². The summed E-state index contributed by atoms with van der Waals surface area (Å²) in [5, 5.41) is 12.6. The van der Waals surface area contributed by atoms with Gasteiger partial charge in [-0.3, -0.25) is 4.90 Å². The second-order valence-electron chi connectivity index (χ2n) is 6.18. The van der Waals surface area contributed by atoms with Crippen molar-refractivity contribution < 1.29 is 9.84 Å². The van der Waals surface area contributed by atoms with Gasteiger partial charge in [-0.25, -0.2) is 0 Å². The van der Waals surface area contributed by atoms with Gasteiger partial charge < -0.3 is 15.2 Å². The maximum atomic E-state index is 9.08. The van der Waals surface area contributed by atoms with E-state index in [1.807, 2.05) is 0 Å². The van der Waals surface area contributed by atoms with Gasteiger partial charge in [0, 0.05) is 33.3 Å². The first-order valence-electron chi connectivity index (χ1n) is 6.94. The second kappa shape index (κ2) is 9.73. The molecule has 18 heavy (non-hydrogen) atoms. The Morgan fingerprint density at radius 1 is 1.28 bits per heavy atom. The maximum Gasteiger partial charge on any atom is 0.0589 e. The topological polar surface area (TPSA) is 44.7 Å². The molecular weight excluding hydrogens is 228 g/mol. The molecule has 0 fully saturated rings. The molecule has 0 amide bonds. The average molecular weight is 260 g/mol. The molecule has 0 atom stereocenters. The fraction of sp³-hybridized carbons (Fsp3) is 1.00. The Morgan fingerprint density at radius 2 is 1.94 bits per heavy atom. The lowest BCUT2D eigenvalue weighted by molar-refractivity contribution is 0.101. The third-order valence-corrected chi connectivity index (χ3v) is 2.84. The summed E-state index contributed by atoms with van der Waals surface area (Å²) in [4.78, 5) is 2.26. The van der Waals surface area contributed by atoms with Crippen LogP contribution in [0.15, 0.2) is 0 Å². The highest BCUT2D eigenvalue weighted by Gasteiger charge is 2.21. The first-order valence-corrected chi connectivity index (χ1v) is 6.94. The van der Waals surface area contributed by atoms with Crippen LogP contribution in [0.2, 0.25) is 0 Å². The summed E-state index contributed by atoms with van der Waals surface area (Å²) in [6, 6.07) is 0. The Labute approximate surface area is 113 Å². The molecule has 0 rings (SSSR count). The average Bonchev–Trinajstić information content (AvgIpc) is 2.25. The van der Waals surface area contributed by atoms with E-state index in [4.69, 9.17) is 9.84 Å². The van der Waals surface area contributed by atoms with Crippen LogP contribution in [0.5, 0.6) is 0 Å². The predicted molar refractivity (Wildman–Crippen MR) is 76.9 cm³/mol. The van der Waals surface area contributed by atoms with Crippen LogP contribution >= 0.6 is 0 Å². The Morgan fingerprint density at radius 3 is 2.44 bits per heavy atom. The highest BCUT2D eigenvalue weighted by molar-refractivity contribution is 4.76. The lowest BCUT2D eigenvalue weighted by Crippen LogP contribution is -2.43. The van der Waals surface area contributed by atoms with E-state index in [0.717, 1.165) is 39.3 Å². The van der Waals surface area contributed by atoms with Crippen molar-refractivity contribution >= 4 is 0 Å². The number of nitrogens with one attached hydrogen (secondary N) is 1. The third-order valence-electron chi connectivity index (χ3n) is 2.84. The van der Waals surface area contributed by atoms with Gasteiger partial charge in [-0.05, 0) is 17.9 Å². The van der Waals surface area contributed by atoms with E-state index in [-0.39, 0.29) is 12.0 Å². The number of hydrogen-bond donors (Lipinski definition) is 2. The number of aliphatic hydroxyl groups excluding tert-OH is 1. The molecule has 0 saturated carbocycles. The molecule has 0 aliphatic carbocycles. The summed E-state index contributed by atoms with van der Waals surface area (Å²) < 4.78 is 5.11. The summed E-state index contributed by atoms with van der Waals surface area (Å²) in [5.74, 6) is 0.683. The Bertz CT molecular complexity index is 196. The quantitative estimate of drug-likeness (QED) is 0.586. The Balaban J connectivity index is 4.05. The Kier molecular flexibility index (Phi) is 9.64. The van der Waals surface area contributed by atoms with Crippen molar-refractivity contribution in [3.63, 3.8) is 0 Å². The standard InChI is InChI=1S/C14H32N2O2/c1-13(2)10-15-11-14(3,4)12-16(6-8-17)7-9-18-5/h13,15,17H,6-12H2,1-5H3. The lowest BCUT2D eigenvalue weighted by atomic mass is 9.92. The molecule has 0 aliphatic heterocycles. The van der Waals surface area contributed by atoms with E-state index in [0.29, 0.717) is 5.92 Å². The number of ether oxygens (including phenoxy) is 1. The monoisotopic (exact) mass is 260 g/mol. The van der Waals surface area contributed by atoms with Crippen molar-refractivity contribution in [2.24, 2.45) is 11.3 Å². The van der Waals surface area contributed by atoms with Gasteiger partial charge in [0.05, 0.1) is 13.2 Å². The van der Waals surface area contributed by atoms with E-state index in [1.54, 1.807) is 7.11 Å². The number of hydrogen-bond acceptors (Lipinski definition) is 4. The van der Waals surface area contributed by atoms with Crippen LogP contribution in [-0.2, 0) is 4.74 Å². The molecular formula is C14H32N2O2. The molecule has 0 heterocycles. The lowest BCUT2D eigenvalue weighted by Gasteiger charge is -2.32. The molecule has 0 aromatic heterocycles. The largest absolute Gasteiger partial charge is 0.395 e. The zero-order valence-corrected chi connectivity index (χ0v) is 12.8. The maximum absolute atomic E-state index is 9.08. The van der Waals surface area contributed by atoms with E-state index in [2.05, 4.69) is 37.9 Å². The van der Waals surface area contributed by atoms with Crippen molar-refractivity contribution in [2.45, 2.75) is 27.7 Å². The third kappa shape index (κ3) is 9.83. The summed E-state index contributed by atoms with van der Waals surface area (Å²) in [6.45, 7) is 14.5. The minimum Gasteiger partial charge on any atom is -0.395 e. The number of nitrogens with zero attached hydrogens (tertiary/aromatic N) is 1. The van der Waals surface area contributed by atoms with E-state index >= 15 is 0 Å². The fourth-order valence-corrected chi connectivity index (χ4v) is 1.99. The molecule has 4 heteroatoms. The van der Waals surface area contributed by atoms with Crippen LogP contribution in [0.3, 0.4) is 0 Å². The Hall–Kier alpha value is -0.160. The molecule has 2 N–H and O–H groups in total. The normalized spacial score (nSPS) is 12.7. The van der Waals surface area contributed by atoms with Gasteiger partial charge in [-0.2, -0.15) is 0 Å². The van der Waals surface area contributed by atoms with Gasteiger partial charge in [-0.1, -0.05) is 27.7 Å². The van der Waals surface area contributed by atoms with Crippen LogP contribution in [0.1, 0.15) is 27.7 Å². The van der Waals surface area contributed by atoms with Crippen molar-refractivity contribution in [3.8, 4) is 0 Å². The fourth-order valence-electron chi connectivity index (χ4n) is 1.99. The van der Waals surface area contributed by atoms with Crippen LogP contribution in [-0.4, -0.2) is 63.1 Å². The van der Waals surface area contributed by atoms with Gasteiger partial charge in [0.25, 0.3) is 0 Å². The van der Waals surface area contributed by atoms with E-state index in [1.165, 1.54) is 0 Å². The molecule has 0 spiro atoms. The molecule has 0 aliphatic rings. The summed E-state index contributed by atoms with van der Waals surface area (Å²) >= 11 is 0. The van der Waals surface area contributed by atoms with Crippen LogP contribution in [0.25, 0.3) is 0 Å². The molecule has 0 aromatic rings. The summed E-state index contributed by atoms with van der Waals surface area (Å²) in [5.41, 5.74) is 0.206. The summed E-state index contributed by atoms with van der Waals surface area (Å²) in [6.07, 6.45) is 0. The summed E-state index contributed by atoms with van der Waals surface area (Å²) in [7, 11) is 1.71. The molecule has 0 bridgehead atoms. The highest BCUT2D eigenvalue weighted by Crippen LogP contribution is 2.15. The van der Waals surface area contributed by atoms with Crippen LogP contribution in [0, 0.1) is 11.3 Å². The molecule has 0 unspecified atom stereocenters. The number of aliphatic hydroxyl groups is 1. The first kappa shape index (κ1) is 17.8. The minimum absolute atomic E-state index is 0.206. The molecule has 0 aromatic carbocycles. The van der Waals surface area contributed by atoms with E-state index in [9.17, 15) is 0 Å². The first-order chi connectivity index (χ1) is 8.41. The predicted octanol–water partition coefficient (Wildman–Crippen LogP) is 1.20. The second-order valence-corrected chi connectivity index (χ2v) is 6.18. The van der Waals surface area contributed by atoms with Gasteiger partial charge >= 0.3 is 0 Å². The van der Waals surface area contributed by atoms with Crippen molar-refractivity contribution in [3.05, 3.63) is 0 Å². The minimum atomic E-state index is 0.206. The molecule has 110 valence electrons. The van der Waals surface area contributed by atoms with Gasteiger partial charge in [0.15, 0.2) is 0 Å². The van der Waals surface area contributed by atoms with E-state index < -0.39 is 0 Å². The van der Waals surface area contributed by atoms with Gasteiger partial charge in [0.1, 0.15) is 0 Å². The smallest absolute Gasteiger partial charge is 0.0589 e. The van der Waals surface area contributed by atoms with Crippen molar-refractivity contribution in [1.29, 1.82) is 0 Å². The molecule has 0 radical (unpaired) electrons. The van der Waals surface area contributed by atoms with Gasteiger partial charge in [0.2, 0.25) is 0 Å².